The SMILES string of the molecule is CCCCCCCCCCCCCCCCCCC(=O)OC[C@H](COC(=O)CCCCCCCCCC(C)C)OC(=O)CCCCCCCCCC(C)C. The van der Waals surface area contributed by atoms with Gasteiger partial charge in [0.1, 0.15) is 13.2 Å². The molecule has 0 radical (unpaired) electrons. The Labute approximate surface area is 336 Å². The lowest BCUT2D eigenvalue weighted by Gasteiger charge is -2.18. The molecule has 0 aliphatic rings. The molecule has 0 aromatic rings. The van der Waals surface area contributed by atoms with Crippen molar-refractivity contribution in [2.24, 2.45) is 11.8 Å². The molecule has 6 heteroatoms. The normalized spacial score (nSPS) is 12.1. The fraction of sp³-hybridized carbons (Fsp3) is 0.938. The predicted molar refractivity (Wildman–Crippen MR) is 229 cm³/mol. The number of carbonyl (C=O) groups is 3. The van der Waals surface area contributed by atoms with Crippen molar-refractivity contribution in [2.45, 2.75) is 265 Å². The van der Waals surface area contributed by atoms with E-state index in [1.807, 2.05) is 0 Å². The van der Waals surface area contributed by atoms with Crippen LogP contribution < -0.4 is 0 Å². The summed E-state index contributed by atoms with van der Waals surface area (Å²) in [6, 6.07) is 0. The van der Waals surface area contributed by atoms with E-state index in [0.29, 0.717) is 19.3 Å². The zero-order chi connectivity index (χ0) is 39.7. The molecular weight excluding hydrogens is 673 g/mol. The van der Waals surface area contributed by atoms with Gasteiger partial charge in [0.15, 0.2) is 6.10 Å². The second-order valence-electron chi connectivity index (χ2n) is 17.3. The first kappa shape index (κ1) is 52.4. The summed E-state index contributed by atoms with van der Waals surface area (Å²) in [4.78, 5) is 37.7. The molecular formula is C48H92O6. The summed E-state index contributed by atoms with van der Waals surface area (Å²) in [6.45, 7) is 11.3. The average molecular weight is 765 g/mol. The molecule has 0 aromatic carbocycles. The Kier molecular flexibility index (Phi) is 39.8. The Bertz CT molecular complexity index is 824. The van der Waals surface area contributed by atoms with Crippen molar-refractivity contribution < 1.29 is 28.6 Å². The van der Waals surface area contributed by atoms with Gasteiger partial charge in [-0.3, -0.25) is 14.4 Å². The standard InChI is InChI=1S/C48H92O6/c1-6-7-8-9-10-11-12-13-14-15-16-17-18-23-28-33-38-46(49)52-41-45(54-48(51)40-35-30-25-20-22-27-32-37-44(4)5)42-53-47(50)39-34-29-24-19-21-26-31-36-43(2)3/h43-45H,6-42H2,1-5H3/t45-/m1/s1. The van der Waals surface area contributed by atoms with Gasteiger partial charge < -0.3 is 14.2 Å². The van der Waals surface area contributed by atoms with Crippen molar-refractivity contribution in [3.63, 3.8) is 0 Å². The highest BCUT2D eigenvalue weighted by Crippen LogP contribution is 2.17. The third kappa shape index (κ3) is 41.6. The lowest BCUT2D eigenvalue weighted by molar-refractivity contribution is -0.167. The predicted octanol–water partition coefficient (Wildman–Crippen LogP) is 15.0. The molecule has 0 aliphatic heterocycles. The van der Waals surface area contributed by atoms with Crippen LogP contribution in [0.25, 0.3) is 0 Å². The molecule has 6 nitrogen and oxygen atoms in total. The number of ether oxygens (including phenoxy) is 3. The van der Waals surface area contributed by atoms with Crippen LogP contribution >= 0.6 is 0 Å². The summed E-state index contributed by atoms with van der Waals surface area (Å²) in [6.07, 6.45) is 39.6. The molecule has 0 unspecified atom stereocenters. The van der Waals surface area contributed by atoms with Crippen molar-refractivity contribution in [1.29, 1.82) is 0 Å². The minimum Gasteiger partial charge on any atom is -0.462 e. The number of esters is 3. The van der Waals surface area contributed by atoms with Gasteiger partial charge in [-0.25, -0.2) is 0 Å². The zero-order valence-corrected chi connectivity index (χ0v) is 36.8. The third-order valence-corrected chi connectivity index (χ3v) is 10.7. The third-order valence-electron chi connectivity index (χ3n) is 10.7. The van der Waals surface area contributed by atoms with Crippen LogP contribution in [0.5, 0.6) is 0 Å². The second kappa shape index (κ2) is 41.1. The van der Waals surface area contributed by atoms with E-state index in [9.17, 15) is 14.4 Å². The lowest BCUT2D eigenvalue weighted by Crippen LogP contribution is -2.30. The van der Waals surface area contributed by atoms with E-state index in [-0.39, 0.29) is 31.1 Å². The average Bonchev–Trinajstić information content (AvgIpc) is 3.14. The van der Waals surface area contributed by atoms with E-state index in [1.54, 1.807) is 0 Å². The monoisotopic (exact) mass is 765 g/mol. The van der Waals surface area contributed by atoms with Gasteiger partial charge in [-0.05, 0) is 31.1 Å². The quantitative estimate of drug-likeness (QED) is 0.0350. The second-order valence-corrected chi connectivity index (χ2v) is 17.3. The van der Waals surface area contributed by atoms with Crippen LogP contribution in [0.4, 0.5) is 0 Å². The van der Waals surface area contributed by atoms with Gasteiger partial charge in [0.25, 0.3) is 0 Å². The van der Waals surface area contributed by atoms with Crippen molar-refractivity contribution in [3.8, 4) is 0 Å². The molecule has 0 spiro atoms. The molecule has 0 saturated carbocycles. The molecule has 0 aromatic heterocycles. The van der Waals surface area contributed by atoms with E-state index >= 15 is 0 Å². The smallest absolute Gasteiger partial charge is 0.306 e. The summed E-state index contributed by atoms with van der Waals surface area (Å²) >= 11 is 0. The first-order valence-electron chi connectivity index (χ1n) is 23.7. The van der Waals surface area contributed by atoms with Gasteiger partial charge in [-0.2, -0.15) is 0 Å². The molecule has 0 rings (SSSR count). The van der Waals surface area contributed by atoms with Gasteiger partial charge in [-0.15, -0.1) is 0 Å². The topological polar surface area (TPSA) is 78.9 Å². The molecule has 320 valence electrons. The Morgan fingerprint density at radius 3 is 0.907 bits per heavy atom. The Morgan fingerprint density at radius 2 is 0.611 bits per heavy atom. The summed E-state index contributed by atoms with van der Waals surface area (Å²) in [5, 5.41) is 0. The van der Waals surface area contributed by atoms with Gasteiger partial charge in [0.2, 0.25) is 0 Å². The van der Waals surface area contributed by atoms with Crippen LogP contribution in [0.1, 0.15) is 259 Å². The van der Waals surface area contributed by atoms with E-state index in [4.69, 9.17) is 14.2 Å². The van der Waals surface area contributed by atoms with E-state index < -0.39 is 6.10 Å². The maximum absolute atomic E-state index is 12.7. The van der Waals surface area contributed by atoms with Crippen molar-refractivity contribution >= 4 is 17.9 Å². The highest BCUT2D eigenvalue weighted by Gasteiger charge is 2.19. The van der Waals surface area contributed by atoms with Crippen LogP contribution in [0.3, 0.4) is 0 Å². The van der Waals surface area contributed by atoms with Crippen LogP contribution in [-0.4, -0.2) is 37.2 Å². The van der Waals surface area contributed by atoms with Crippen LogP contribution in [0.15, 0.2) is 0 Å². The maximum Gasteiger partial charge on any atom is 0.306 e. The highest BCUT2D eigenvalue weighted by molar-refractivity contribution is 5.71. The van der Waals surface area contributed by atoms with Crippen LogP contribution in [-0.2, 0) is 28.6 Å². The number of unbranched alkanes of at least 4 members (excludes halogenated alkanes) is 27. The van der Waals surface area contributed by atoms with Gasteiger partial charge in [0, 0.05) is 19.3 Å². The molecule has 0 N–H and O–H groups in total. The first-order chi connectivity index (χ1) is 26.2. The molecule has 54 heavy (non-hydrogen) atoms. The van der Waals surface area contributed by atoms with E-state index in [1.165, 1.54) is 148 Å². The molecule has 0 heterocycles. The van der Waals surface area contributed by atoms with Crippen LogP contribution in [0, 0.1) is 11.8 Å². The largest absolute Gasteiger partial charge is 0.462 e. The summed E-state index contributed by atoms with van der Waals surface area (Å²) in [7, 11) is 0. The zero-order valence-electron chi connectivity index (χ0n) is 36.8. The first-order valence-corrected chi connectivity index (χ1v) is 23.7. The van der Waals surface area contributed by atoms with Crippen LogP contribution in [0.2, 0.25) is 0 Å². The molecule has 0 bridgehead atoms. The molecule has 0 saturated heterocycles. The number of carbonyl (C=O) groups excluding carboxylic acids is 3. The molecule has 0 fully saturated rings. The Hall–Kier alpha value is -1.59. The summed E-state index contributed by atoms with van der Waals surface area (Å²) < 4.78 is 16.7. The lowest BCUT2D eigenvalue weighted by atomic mass is 10.0. The van der Waals surface area contributed by atoms with E-state index in [0.717, 1.165) is 69.6 Å². The Balaban J connectivity index is 4.27. The number of rotatable bonds is 42. The van der Waals surface area contributed by atoms with Gasteiger partial charge in [-0.1, -0.05) is 221 Å². The minimum atomic E-state index is -0.761. The number of hydrogen-bond acceptors (Lipinski definition) is 6. The fourth-order valence-electron chi connectivity index (χ4n) is 7.11. The van der Waals surface area contributed by atoms with Crippen molar-refractivity contribution in [1.82, 2.24) is 0 Å². The number of hydrogen-bond donors (Lipinski definition) is 0. The maximum atomic E-state index is 12.7. The molecule has 1 atom stereocenters. The van der Waals surface area contributed by atoms with Gasteiger partial charge in [0.05, 0.1) is 0 Å². The Morgan fingerprint density at radius 1 is 0.352 bits per heavy atom. The molecule has 0 amide bonds. The summed E-state index contributed by atoms with van der Waals surface area (Å²) in [5.74, 6) is 0.699. The molecule has 0 aliphatic carbocycles. The van der Waals surface area contributed by atoms with Crippen molar-refractivity contribution in [3.05, 3.63) is 0 Å². The van der Waals surface area contributed by atoms with E-state index in [2.05, 4.69) is 34.6 Å². The minimum absolute atomic E-state index is 0.0656. The van der Waals surface area contributed by atoms with Crippen molar-refractivity contribution in [2.75, 3.05) is 13.2 Å². The fourth-order valence-corrected chi connectivity index (χ4v) is 7.11. The summed E-state index contributed by atoms with van der Waals surface area (Å²) in [5.41, 5.74) is 0. The van der Waals surface area contributed by atoms with Gasteiger partial charge >= 0.3 is 17.9 Å². The highest BCUT2D eigenvalue weighted by atomic mass is 16.6.